The van der Waals surface area contributed by atoms with Gasteiger partial charge in [0.05, 0.1) is 11.9 Å². The molecule has 0 spiro atoms. The highest BCUT2D eigenvalue weighted by Gasteiger charge is 2.26. The molecule has 1 N–H and O–H groups in total. The van der Waals surface area contributed by atoms with Crippen molar-refractivity contribution in [3.8, 4) is 0 Å². The lowest BCUT2D eigenvalue weighted by atomic mass is 10.3. The summed E-state index contributed by atoms with van der Waals surface area (Å²) in [5.74, 6) is 0. The van der Waals surface area contributed by atoms with Crippen molar-refractivity contribution in [2.45, 2.75) is 0 Å². The van der Waals surface area contributed by atoms with Gasteiger partial charge in [-0.2, -0.15) is 0 Å². The average molecular weight is 308 g/mol. The van der Waals surface area contributed by atoms with Crippen LogP contribution in [0.25, 0.3) is 0 Å². The van der Waals surface area contributed by atoms with Gasteiger partial charge in [0, 0.05) is 10.7 Å². The van der Waals surface area contributed by atoms with Crippen molar-refractivity contribution in [3.63, 3.8) is 0 Å². The van der Waals surface area contributed by atoms with E-state index in [4.69, 9.17) is 16.1 Å². The van der Waals surface area contributed by atoms with Gasteiger partial charge >= 0.3 is 7.52 Å². The number of hydrogen-bond donors (Lipinski definition) is 1. The highest BCUT2D eigenvalue weighted by molar-refractivity contribution is 7.68. The zero-order valence-corrected chi connectivity index (χ0v) is 12.5. The molecule has 2 rings (SSSR count). The first kappa shape index (κ1) is 14.9. The number of anilines is 1. The Morgan fingerprint density at radius 3 is 2.20 bits per heavy atom. The predicted molar refractivity (Wildman–Crippen MR) is 84.7 cm³/mol. The van der Waals surface area contributed by atoms with E-state index in [1.54, 1.807) is 12.1 Å². The molecule has 0 heterocycles. The molecule has 3 nitrogen and oxygen atoms in total. The van der Waals surface area contributed by atoms with Crippen molar-refractivity contribution < 1.29 is 9.09 Å². The summed E-state index contributed by atoms with van der Waals surface area (Å²) in [6.07, 6.45) is 0. The van der Waals surface area contributed by atoms with E-state index in [0.717, 1.165) is 5.69 Å². The zero-order valence-electron chi connectivity index (χ0n) is 10.8. The Morgan fingerprint density at radius 2 is 1.65 bits per heavy atom. The van der Waals surface area contributed by atoms with Gasteiger partial charge in [-0.1, -0.05) is 54.6 Å². The molecule has 104 valence electrons. The van der Waals surface area contributed by atoms with Crippen molar-refractivity contribution in [1.82, 2.24) is 0 Å². The van der Waals surface area contributed by atoms with Crippen molar-refractivity contribution >= 4 is 30.1 Å². The van der Waals surface area contributed by atoms with Crippen molar-refractivity contribution in [1.29, 1.82) is 0 Å². The van der Waals surface area contributed by atoms with Crippen LogP contribution in [0.1, 0.15) is 0 Å². The number of halogens is 1. The highest BCUT2D eigenvalue weighted by atomic mass is 35.5. The molecule has 0 unspecified atom stereocenters. The molecule has 0 bridgehead atoms. The fourth-order valence-electron chi connectivity index (χ4n) is 1.64. The van der Waals surface area contributed by atoms with Crippen LogP contribution in [-0.4, -0.2) is 6.61 Å². The summed E-state index contributed by atoms with van der Waals surface area (Å²) in [5.41, 5.74) is 0.722. The second kappa shape index (κ2) is 6.76. The molecular weight excluding hydrogens is 293 g/mol. The first-order valence-electron chi connectivity index (χ1n) is 6.07. The zero-order chi connectivity index (χ0) is 14.4. The summed E-state index contributed by atoms with van der Waals surface area (Å²) in [6, 6.07) is 18.3. The summed E-state index contributed by atoms with van der Waals surface area (Å²) in [4.78, 5) is 0. The molecule has 0 saturated carbocycles. The Hall–Kier alpha value is -1.54. The molecule has 0 saturated heterocycles. The number of rotatable bonds is 6. The molecule has 2 aromatic rings. The predicted octanol–water partition coefficient (Wildman–Crippen LogP) is 4.39. The lowest BCUT2D eigenvalue weighted by Gasteiger charge is -2.20. The lowest BCUT2D eigenvalue weighted by molar-refractivity contribution is 0.361. The maximum Gasteiger partial charge on any atom is 0.324 e. The van der Waals surface area contributed by atoms with Gasteiger partial charge in [0.25, 0.3) is 0 Å². The Labute approximate surface area is 123 Å². The van der Waals surface area contributed by atoms with Gasteiger partial charge in [0.1, 0.15) is 0 Å². The minimum Gasteiger partial charge on any atom is -0.312 e. The number of nitrogens with one attached hydrogen (secondary N) is 1. The van der Waals surface area contributed by atoms with Gasteiger partial charge in [-0.3, -0.25) is 4.57 Å². The normalized spacial score (nSPS) is 13.4. The summed E-state index contributed by atoms with van der Waals surface area (Å²) in [6.45, 7) is 3.57. The van der Waals surface area contributed by atoms with Crippen LogP contribution in [0.15, 0.2) is 72.3 Å². The Morgan fingerprint density at radius 1 is 1.10 bits per heavy atom. The molecule has 0 aliphatic rings. The largest absolute Gasteiger partial charge is 0.324 e. The fraction of sp³-hybridized carbons (Fsp3) is 0.0667. The molecule has 0 aliphatic heterocycles. The quantitative estimate of drug-likeness (QED) is 0.805. The molecule has 0 amide bonds. The average Bonchev–Trinajstić information content (AvgIpc) is 2.47. The van der Waals surface area contributed by atoms with E-state index >= 15 is 0 Å². The van der Waals surface area contributed by atoms with E-state index in [1.165, 1.54) is 0 Å². The molecule has 2 aromatic carbocycles. The molecule has 0 radical (unpaired) electrons. The first-order valence-corrected chi connectivity index (χ1v) is 8.07. The van der Waals surface area contributed by atoms with Gasteiger partial charge in [-0.15, -0.1) is 0 Å². The van der Waals surface area contributed by atoms with Gasteiger partial charge in [-0.05, 0) is 24.3 Å². The maximum absolute atomic E-state index is 13.1. The monoisotopic (exact) mass is 307 g/mol. The summed E-state index contributed by atoms with van der Waals surface area (Å²) >= 11 is 5.71. The fourth-order valence-corrected chi connectivity index (χ4v) is 3.50. The minimum absolute atomic E-state index is 0.0214. The summed E-state index contributed by atoms with van der Waals surface area (Å²) < 4.78 is 18.5. The molecule has 0 aromatic heterocycles. The minimum atomic E-state index is -3.24. The topological polar surface area (TPSA) is 38.3 Å². The first-order chi connectivity index (χ1) is 9.60. The van der Waals surface area contributed by atoms with Gasteiger partial charge < -0.3 is 9.61 Å². The second-order valence-corrected chi connectivity index (χ2v) is 6.79. The molecular formula is C15H15ClNO2P. The van der Waals surface area contributed by atoms with Crippen LogP contribution >= 0.6 is 19.1 Å². The Bertz CT molecular complexity index is 616. The van der Waals surface area contributed by atoms with E-state index in [9.17, 15) is 4.57 Å². The van der Waals surface area contributed by atoms with Gasteiger partial charge in [0.2, 0.25) is 0 Å². The third-order valence-corrected chi connectivity index (χ3v) is 4.68. The van der Waals surface area contributed by atoms with E-state index in [0.29, 0.717) is 10.3 Å². The third-order valence-electron chi connectivity index (χ3n) is 2.55. The van der Waals surface area contributed by atoms with E-state index in [2.05, 4.69) is 11.7 Å². The SMILES string of the molecule is C=C(Cl)CO[P@](=O)(Nc1ccccc1)c1ccccc1. The van der Waals surface area contributed by atoms with Crippen LogP contribution in [-0.2, 0) is 9.09 Å². The van der Waals surface area contributed by atoms with Gasteiger partial charge in [0.15, 0.2) is 0 Å². The molecule has 0 fully saturated rings. The molecule has 20 heavy (non-hydrogen) atoms. The second-order valence-electron chi connectivity index (χ2n) is 4.16. The van der Waals surface area contributed by atoms with Crippen LogP contribution in [0, 0.1) is 0 Å². The van der Waals surface area contributed by atoms with E-state index in [1.807, 2.05) is 48.5 Å². The van der Waals surface area contributed by atoms with Crippen LogP contribution in [0.3, 0.4) is 0 Å². The number of para-hydroxylation sites is 1. The van der Waals surface area contributed by atoms with Crippen LogP contribution in [0.4, 0.5) is 5.69 Å². The number of benzene rings is 2. The maximum atomic E-state index is 13.1. The van der Waals surface area contributed by atoms with E-state index < -0.39 is 7.52 Å². The van der Waals surface area contributed by atoms with Crippen molar-refractivity contribution in [2.24, 2.45) is 0 Å². The van der Waals surface area contributed by atoms with E-state index in [-0.39, 0.29) is 6.61 Å². The Kier molecular flexibility index (Phi) is 5.02. The highest BCUT2D eigenvalue weighted by Crippen LogP contribution is 2.45. The van der Waals surface area contributed by atoms with Crippen molar-refractivity contribution in [3.05, 3.63) is 72.3 Å². The summed E-state index contributed by atoms with van der Waals surface area (Å²) in [5, 5.41) is 3.85. The van der Waals surface area contributed by atoms with Crippen LogP contribution in [0.2, 0.25) is 0 Å². The standard InChI is InChI=1S/C15H15ClNO2P/c1-13(16)12-19-20(18,15-10-6-3-7-11-15)17-14-8-4-2-5-9-14/h2-11H,1,12H2,(H,17,18)/t20-/m0/s1. The molecule has 0 aliphatic carbocycles. The Balaban J connectivity index is 2.29. The molecule has 5 heteroatoms. The van der Waals surface area contributed by atoms with Gasteiger partial charge in [-0.25, -0.2) is 0 Å². The third kappa shape index (κ3) is 3.97. The number of hydrogen-bond acceptors (Lipinski definition) is 2. The molecule has 1 atom stereocenters. The summed E-state index contributed by atoms with van der Waals surface area (Å²) in [7, 11) is -3.24. The smallest absolute Gasteiger partial charge is 0.312 e. The van der Waals surface area contributed by atoms with Crippen LogP contribution in [0.5, 0.6) is 0 Å². The lowest BCUT2D eigenvalue weighted by Crippen LogP contribution is -2.14. The van der Waals surface area contributed by atoms with Crippen LogP contribution < -0.4 is 10.4 Å². The van der Waals surface area contributed by atoms with Crippen molar-refractivity contribution in [2.75, 3.05) is 11.7 Å².